The molecule has 0 bridgehead atoms. The standard InChI is InChI=1S/C19H21N3O3/c1-11-9-14-5-3-4-6-15(14)10-22(11)19(24)18(23)20-16-12(2)21-25-17(16)13-7-8-13/h3-6,11,13H,7-10H2,1-2H3,(H,20,23)/t11-/m1/s1. The molecule has 6 heteroatoms. The van der Waals surface area contributed by atoms with Crippen molar-refractivity contribution in [1.29, 1.82) is 0 Å². The minimum atomic E-state index is -0.626. The number of carbonyl (C=O) groups excluding carboxylic acids is 2. The van der Waals surface area contributed by atoms with Crippen LogP contribution in [0.1, 0.15) is 48.3 Å². The highest BCUT2D eigenvalue weighted by molar-refractivity contribution is 6.39. The lowest BCUT2D eigenvalue weighted by Gasteiger charge is -2.34. The van der Waals surface area contributed by atoms with E-state index in [1.807, 2.05) is 25.1 Å². The lowest BCUT2D eigenvalue weighted by Crippen LogP contribution is -2.47. The van der Waals surface area contributed by atoms with Crippen LogP contribution in [0.25, 0.3) is 0 Å². The van der Waals surface area contributed by atoms with Crippen LogP contribution in [0, 0.1) is 6.92 Å². The number of nitrogens with one attached hydrogen (secondary N) is 1. The molecule has 2 aromatic rings. The summed E-state index contributed by atoms with van der Waals surface area (Å²) >= 11 is 0. The molecule has 0 radical (unpaired) electrons. The number of benzene rings is 1. The average Bonchev–Trinajstić information content (AvgIpc) is 3.38. The molecule has 2 heterocycles. The lowest BCUT2D eigenvalue weighted by atomic mass is 9.95. The number of nitrogens with zero attached hydrogens (tertiary/aromatic N) is 2. The van der Waals surface area contributed by atoms with Gasteiger partial charge in [0.2, 0.25) is 0 Å². The molecule has 0 spiro atoms. The van der Waals surface area contributed by atoms with Gasteiger partial charge in [-0.15, -0.1) is 0 Å². The normalized spacial score (nSPS) is 19.4. The molecule has 6 nitrogen and oxygen atoms in total. The third kappa shape index (κ3) is 2.92. The Bertz CT molecular complexity index is 838. The summed E-state index contributed by atoms with van der Waals surface area (Å²) in [5.41, 5.74) is 3.51. The third-order valence-electron chi connectivity index (χ3n) is 5.04. The molecule has 25 heavy (non-hydrogen) atoms. The Morgan fingerprint density at radius 2 is 1.96 bits per heavy atom. The van der Waals surface area contributed by atoms with Crippen LogP contribution in [0.3, 0.4) is 0 Å². The maximum absolute atomic E-state index is 12.7. The summed E-state index contributed by atoms with van der Waals surface area (Å²) < 4.78 is 5.32. The van der Waals surface area contributed by atoms with Crippen molar-refractivity contribution in [2.45, 2.75) is 51.6 Å². The maximum atomic E-state index is 12.7. The Balaban J connectivity index is 1.51. The van der Waals surface area contributed by atoms with Crippen molar-refractivity contribution in [2.75, 3.05) is 5.32 Å². The number of anilines is 1. The number of rotatable bonds is 2. The van der Waals surface area contributed by atoms with Gasteiger partial charge in [0, 0.05) is 18.5 Å². The summed E-state index contributed by atoms with van der Waals surface area (Å²) in [6, 6.07) is 8.04. The molecule has 1 atom stereocenters. The second kappa shape index (κ2) is 6.02. The largest absolute Gasteiger partial charge is 0.359 e. The third-order valence-corrected chi connectivity index (χ3v) is 5.04. The first-order valence-corrected chi connectivity index (χ1v) is 8.69. The highest BCUT2D eigenvalue weighted by atomic mass is 16.5. The molecule has 1 saturated carbocycles. The van der Waals surface area contributed by atoms with Gasteiger partial charge >= 0.3 is 11.8 Å². The fourth-order valence-electron chi connectivity index (χ4n) is 3.41. The molecule has 0 saturated heterocycles. The molecular formula is C19H21N3O3. The molecule has 1 N–H and O–H groups in total. The first-order chi connectivity index (χ1) is 12.0. The zero-order valence-electron chi connectivity index (χ0n) is 14.4. The molecule has 130 valence electrons. The van der Waals surface area contributed by atoms with Crippen LogP contribution in [0.5, 0.6) is 0 Å². The number of fused-ring (bicyclic) bond motifs is 1. The Kier molecular flexibility index (Phi) is 3.82. The van der Waals surface area contributed by atoms with Gasteiger partial charge in [-0.3, -0.25) is 9.59 Å². The van der Waals surface area contributed by atoms with Gasteiger partial charge in [0.15, 0.2) is 5.76 Å². The van der Waals surface area contributed by atoms with Gasteiger partial charge in [0.1, 0.15) is 11.4 Å². The van der Waals surface area contributed by atoms with E-state index in [-0.39, 0.29) is 6.04 Å². The fraction of sp³-hybridized carbons (Fsp3) is 0.421. The predicted octanol–water partition coefficient (Wildman–Crippen LogP) is 2.77. The number of carbonyl (C=O) groups is 2. The van der Waals surface area contributed by atoms with E-state index in [2.05, 4.69) is 16.5 Å². The van der Waals surface area contributed by atoms with Crippen molar-refractivity contribution in [1.82, 2.24) is 10.1 Å². The lowest BCUT2D eigenvalue weighted by molar-refractivity contribution is -0.145. The van der Waals surface area contributed by atoms with Gasteiger partial charge in [0.25, 0.3) is 0 Å². The van der Waals surface area contributed by atoms with Gasteiger partial charge in [-0.2, -0.15) is 0 Å². The highest BCUT2D eigenvalue weighted by Gasteiger charge is 2.35. The summed E-state index contributed by atoms with van der Waals surface area (Å²) in [5.74, 6) is -0.133. The molecular weight excluding hydrogens is 318 g/mol. The Morgan fingerprint density at radius 3 is 2.68 bits per heavy atom. The fourth-order valence-corrected chi connectivity index (χ4v) is 3.41. The van der Waals surface area contributed by atoms with Crippen LogP contribution in [0.2, 0.25) is 0 Å². The summed E-state index contributed by atoms with van der Waals surface area (Å²) in [6.07, 6.45) is 2.82. The van der Waals surface area contributed by atoms with Crippen molar-refractivity contribution in [3.63, 3.8) is 0 Å². The highest BCUT2D eigenvalue weighted by Crippen LogP contribution is 2.44. The smallest absolute Gasteiger partial charge is 0.314 e. The second-order valence-electron chi connectivity index (χ2n) is 6.99. The van der Waals surface area contributed by atoms with E-state index in [0.29, 0.717) is 29.6 Å². The Labute approximate surface area is 146 Å². The van der Waals surface area contributed by atoms with E-state index in [4.69, 9.17) is 4.52 Å². The van der Waals surface area contributed by atoms with E-state index in [9.17, 15) is 9.59 Å². The SMILES string of the molecule is Cc1noc(C2CC2)c1NC(=O)C(=O)N1Cc2ccccc2C[C@H]1C. The molecule has 2 aliphatic rings. The average molecular weight is 339 g/mol. The summed E-state index contributed by atoms with van der Waals surface area (Å²) in [7, 11) is 0. The Morgan fingerprint density at radius 1 is 1.24 bits per heavy atom. The first-order valence-electron chi connectivity index (χ1n) is 8.69. The number of amides is 2. The second-order valence-corrected chi connectivity index (χ2v) is 6.99. The van der Waals surface area contributed by atoms with E-state index in [1.54, 1.807) is 11.8 Å². The minimum absolute atomic E-state index is 0.0142. The zero-order chi connectivity index (χ0) is 17.6. The molecule has 1 aromatic heterocycles. The van der Waals surface area contributed by atoms with E-state index < -0.39 is 11.8 Å². The summed E-state index contributed by atoms with van der Waals surface area (Å²) in [5, 5.41) is 6.67. The van der Waals surface area contributed by atoms with Crippen LogP contribution >= 0.6 is 0 Å². The molecule has 1 aliphatic heterocycles. The maximum Gasteiger partial charge on any atom is 0.314 e. The quantitative estimate of drug-likeness (QED) is 0.854. The van der Waals surface area contributed by atoms with Gasteiger partial charge in [-0.05, 0) is 44.2 Å². The number of aryl methyl sites for hydroxylation is 1. The zero-order valence-corrected chi connectivity index (χ0v) is 14.4. The predicted molar refractivity (Wildman–Crippen MR) is 92.0 cm³/mol. The van der Waals surface area contributed by atoms with Crippen molar-refractivity contribution in [3.05, 3.63) is 46.8 Å². The minimum Gasteiger partial charge on any atom is -0.359 e. The molecule has 1 fully saturated rings. The molecule has 1 aromatic carbocycles. The van der Waals surface area contributed by atoms with Crippen LogP contribution < -0.4 is 5.32 Å². The summed E-state index contributed by atoms with van der Waals surface area (Å²) in [6.45, 7) is 4.21. The van der Waals surface area contributed by atoms with E-state index in [1.165, 1.54) is 5.56 Å². The number of hydrogen-bond donors (Lipinski definition) is 1. The van der Waals surface area contributed by atoms with Crippen molar-refractivity contribution >= 4 is 17.5 Å². The van der Waals surface area contributed by atoms with Crippen LogP contribution in [-0.2, 0) is 22.6 Å². The van der Waals surface area contributed by atoms with Gasteiger partial charge < -0.3 is 14.7 Å². The van der Waals surface area contributed by atoms with Crippen molar-refractivity contribution in [3.8, 4) is 0 Å². The molecule has 4 rings (SSSR count). The van der Waals surface area contributed by atoms with Gasteiger partial charge in [-0.25, -0.2) is 0 Å². The van der Waals surface area contributed by atoms with Crippen molar-refractivity contribution in [2.24, 2.45) is 0 Å². The number of aromatic nitrogens is 1. The molecule has 1 aliphatic carbocycles. The topological polar surface area (TPSA) is 75.4 Å². The first kappa shape index (κ1) is 15.9. The van der Waals surface area contributed by atoms with Crippen LogP contribution in [0.4, 0.5) is 5.69 Å². The molecule has 2 amide bonds. The van der Waals surface area contributed by atoms with Crippen molar-refractivity contribution < 1.29 is 14.1 Å². The van der Waals surface area contributed by atoms with Gasteiger partial charge in [-0.1, -0.05) is 29.4 Å². The monoisotopic (exact) mass is 339 g/mol. The van der Waals surface area contributed by atoms with E-state index in [0.717, 1.165) is 24.8 Å². The summed E-state index contributed by atoms with van der Waals surface area (Å²) in [4.78, 5) is 26.9. The van der Waals surface area contributed by atoms with Gasteiger partial charge in [0.05, 0.1) is 0 Å². The van der Waals surface area contributed by atoms with Crippen LogP contribution in [-0.4, -0.2) is 27.9 Å². The van der Waals surface area contributed by atoms with E-state index >= 15 is 0 Å². The molecule has 0 unspecified atom stereocenters. The Hall–Kier alpha value is -2.63. The number of hydrogen-bond acceptors (Lipinski definition) is 4. The van der Waals surface area contributed by atoms with Crippen LogP contribution in [0.15, 0.2) is 28.8 Å².